The second-order valence-electron chi connectivity index (χ2n) is 6.09. The quantitative estimate of drug-likeness (QED) is 0.728. The van der Waals surface area contributed by atoms with Gasteiger partial charge in [0.15, 0.2) is 9.84 Å². The smallest absolute Gasteiger partial charge is 0.261 e. The molecule has 8 heteroatoms. The Hall–Kier alpha value is -2.22. The molecule has 0 spiro atoms. The van der Waals surface area contributed by atoms with E-state index in [1.165, 1.54) is 4.90 Å². The lowest BCUT2D eigenvalue weighted by molar-refractivity contribution is -0.130. The molecular formula is C16H18N2O5S. The highest BCUT2D eigenvalue weighted by molar-refractivity contribution is 7.91. The Morgan fingerprint density at radius 2 is 1.71 bits per heavy atom. The number of hydrogen-bond acceptors (Lipinski definition) is 5. The minimum atomic E-state index is -3.05. The Labute approximate surface area is 140 Å². The molecule has 1 aromatic rings. The first-order valence-electron chi connectivity index (χ1n) is 7.73. The minimum absolute atomic E-state index is 0.00446. The number of rotatable bonds is 3. The zero-order valence-corrected chi connectivity index (χ0v) is 14.1. The molecule has 1 fully saturated rings. The Morgan fingerprint density at radius 1 is 1.08 bits per heavy atom. The van der Waals surface area contributed by atoms with Crippen molar-refractivity contribution in [2.45, 2.75) is 13.3 Å². The molecule has 0 unspecified atom stereocenters. The molecule has 1 aromatic carbocycles. The molecule has 2 heterocycles. The Kier molecular flexibility index (Phi) is 4.16. The van der Waals surface area contributed by atoms with Crippen LogP contribution in [-0.2, 0) is 14.6 Å². The van der Waals surface area contributed by atoms with Gasteiger partial charge in [0.25, 0.3) is 11.8 Å². The number of benzene rings is 1. The average molecular weight is 350 g/mol. The van der Waals surface area contributed by atoms with Crippen LogP contribution in [0.25, 0.3) is 0 Å². The minimum Gasteiger partial charge on any atom is -0.341 e. The van der Waals surface area contributed by atoms with Gasteiger partial charge in [-0.05, 0) is 19.1 Å². The summed E-state index contributed by atoms with van der Waals surface area (Å²) in [7, 11) is -3.05. The van der Waals surface area contributed by atoms with Crippen LogP contribution in [0, 0.1) is 6.92 Å². The number of carbonyl (C=O) groups is 3. The number of aryl methyl sites for hydroxylation is 1. The first-order valence-corrected chi connectivity index (χ1v) is 9.56. The monoisotopic (exact) mass is 350 g/mol. The summed E-state index contributed by atoms with van der Waals surface area (Å²) < 4.78 is 22.8. The summed E-state index contributed by atoms with van der Waals surface area (Å²) in [6.45, 7) is 2.19. The molecule has 0 aliphatic carbocycles. The van der Waals surface area contributed by atoms with Crippen molar-refractivity contribution in [2.24, 2.45) is 0 Å². The second kappa shape index (κ2) is 6.01. The molecule has 128 valence electrons. The highest BCUT2D eigenvalue weighted by Crippen LogP contribution is 2.24. The Balaban J connectivity index is 1.63. The van der Waals surface area contributed by atoms with Crippen LogP contribution in [0.1, 0.15) is 32.7 Å². The number of fused-ring (bicyclic) bond motifs is 1. The van der Waals surface area contributed by atoms with E-state index in [9.17, 15) is 22.8 Å². The maximum atomic E-state index is 12.3. The lowest BCUT2D eigenvalue weighted by Gasteiger charge is -2.27. The van der Waals surface area contributed by atoms with Crippen LogP contribution in [0.2, 0.25) is 0 Å². The third-order valence-corrected chi connectivity index (χ3v) is 5.98. The van der Waals surface area contributed by atoms with Gasteiger partial charge in [-0.2, -0.15) is 0 Å². The lowest BCUT2D eigenvalue weighted by atomic mass is 10.1. The van der Waals surface area contributed by atoms with Crippen LogP contribution >= 0.6 is 0 Å². The largest absolute Gasteiger partial charge is 0.341 e. The van der Waals surface area contributed by atoms with Crippen molar-refractivity contribution in [3.05, 3.63) is 34.9 Å². The average Bonchev–Trinajstić information content (AvgIpc) is 2.76. The highest BCUT2D eigenvalue weighted by Gasteiger charge is 2.36. The summed E-state index contributed by atoms with van der Waals surface area (Å²) in [6, 6.07) is 5.07. The standard InChI is InChI=1S/C16H18N2O5S/c1-11-2-3-12-13(10-11)16(21)18(15(12)20)5-4-14(19)17-6-8-24(22,23)9-7-17/h2-3,10H,4-9H2,1H3. The topological polar surface area (TPSA) is 91.8 Å². The van der Waals surface area contributed by atoms with Gasteiger partial charge in [-0.15, -0.1) is 0 Å². The molecule has 0 radical (unpaired) electrons. The van der Waals surface area contributed by atoms with E-state index in [1.807, 2.05) is 6.92 Å². The Bertz CT molecular complexity index is 817. The van der Waals surface area contributed by atoms with Crippen LogP contribution in [-0.4, -0.2) is 67.1 Å². The number of amides is 3. The fraction of sp³-hybridized carbons (Fsp3) is 0.438. The molecule has 7 nitrogen and oxygen atoms in total. The van der Waals surface area contributed by atoms with Gasteiger partial charge in [-0.25, -0.2) is 8.42 Å². The molecule has 3 amide bonds. The van der Waals surface area contributed by atoms with Gasteiger partial charge in [0.1, 0.15) is 0 Å². The zero-order valence-electron chi connectivity index (χ0n) is 13.3. The molecule has 3 rings (SSSR count). The summed E-state index contributed by atoms with van der Waals surface area (Å²) in [5.74, 6) is -1.08. The van der Waals surface area contributed by atoms with E-state index < -0.39 is 9.84 Å². The molecule has 0 saturated carbocycles. The first-order chi connectivity index (χ1) is 11.3. The van der Waals surface area contributed by atoms with E-state index in [1.54, 1.807) is 18.2 Å². The van der Waals surface area contributed by atoms with E-state index in [0.717, 1.165) is 10.5 Å². The predicted octanol–water partition coefficient (Wildman–Crippen LogP) is 0.238. The third kappa shape index (κ3) is 3.06. The van der Waals surface area contributed by atoms with Gasteiger partial charge < -0.3 is 4.90 Å². The van der Waals surface area contributed by atoms with Crippen LogP contribution in [0.15, 0.2) is 18.2 Å². The summed E-state index contributed by atoms with van der Waals surface area (Å²) in [5, 5.41) is 0. The number of imide groups is 1. The number of sulfone groups is 1. The fourth-order valence-corrected chi connectivity index (χ4v) is 4.14. The van der Waals surface area contributed by atoms with Crippen LogP contribution in [0.5, 0.6) is 0 Å². The van der Waals surface area contributed by atoms with Crippen molar-refractivity contribution in [2.75, 3.05) is 31.1 Å². The predicted molar refractivity (Wildman–Crippen MR) is 86.4 cm³/mol. The second-order valence-corrected chi connectivity index (χ2v) is 8.40. The van der Waals surface area contributed by atoms with Gasteiger partial charge in [0.2, 0.25) is 5.91 Å². The molecule has 0 N–H and O–H groups in total. The molecule has 2 aliphatic rings. The summed E-state index contributed by atoms with van der Waals surface area (Å²) in [4.78, 5) is 39.4. The van der Waals surface area contributed by atoms with Crippen molar-refractivity contribution >= 4 is 27.6 Å². The highest BCUT2D eigenvalue weighted by atomic mass is 32.2. The van der Waals surface area contributed by atoms with E-state index in [-0.39, 0.29) is 55.3 Å². The van der Waals surface area contributed by atoms with Gasteiger partial charge in [-0.3, -0.25) is 19.3 Å². The summed E-state index contributed by atoms with van der Waals surface area (Å²) in [5.41, 5.74) is 1.63. The molecule has 1 saturated heterocycles. The SMILES string of the molecule is Cc1ccc2c(c1)C(=O)N(CCC(=O)N1CCS(=O)(=O)CC1)C2=O. The van der Waals surface area contributed by atoms with E-state index >= 15 is 0 Å². The van der Waals surface area contributed by atoms with Gasteiger partial charge in [-0.1, -0.05) is 11.6 Å². The molecule has 2 aliphatic heterocycles. The molecule has 0 atom stereocenters. The van der Waals surface area contributed by atoms with Crippen LogP contribution in [0.4, 0.5) is 0 Å². The summed E-state index contributed by atoms with van der Waals surface area (Å²) in [6.07, 6.45) is 0.00446. The maximum absolute atomic E-state index is 12.3. The normalized spacial score (nSPS) is 19.5. The van der Waals surface area contributed by atoms with Crippen molar-refractivity contribution in [3.8, 4) is 0 Å². The first kappa shape index (κ1) is 16.6. The Morgan fingerprint density at radius 3 is 2.38 bits per heavy atom. The lowest BCUT2D eigenvalue weighted by Crippen LogP contribution is -2.45. The van der Waals surface area contributed by atoms with Crippen molar-refractivity contribution in [3.63, 3.8) is 0 Å². The number of hydrogen-bond donors (Lipinski definition) is 0. The van der Waals surface area contributed by atoms with Gasteiger partial charge in [0, 0.05) is 26.1 Å². The molecule has 24 heavy (non-hydrogen) atoms. The van der Waals surface area contributed by atoms with E-state index in [4.69, 9.17) is 0 Å². The van der Waals surface area contributed by atoms with Crippen molar-refractivity contribution in [1.82, 2.24) is 9.80 Å². The van der Waals surface area contributed by atoms with Crippen LogP contribution in [0.3, 0.4) is 0 Å². The number of nitrogens with zero attached hydrogens (tertiary/aromatic N) is 2. The number of carbonyl (C=O) groups excluding carboxylic acids is 3. The summed E-state index contributed by atoms with van der Waals surface area (Å²) >= 11 is 0. The molecule has 0 aromatic heterocycles. The third-order valence-electron chi connectivity index (χ3n) is 4.37. The van der Waals surface area contributed by atoms with Crippen molar-refractivity contribution < 1.29 is 22.8 Å². The molecule has 0 bridgehead atoms. The van der Waals surface area contributed by atoms with E-state index in [2.05, 4.69) is 0 Å². The van der Waals surface area contributed by atoms with Crippen molar-refractivity contribution in [1.29, 1.82) is 0 Å². The maximum Gasteiger partial charge on any atom is 0.261 e. The van der Waals surface area contributed by atoms with Crippen LogP contribution < -0.4 is 0 Å². The molecular weight excluding hydrogens is 332 g/mol. The fourth-order valence-electron chi connectivity index (χ4n) is 2.94. The van der Waals surface area contributed by atoms with Gasteiger partial charge >= 0.3 is 0 Å². The van der Waals surface area contributed by atoms with E-state index in [0.29, 0.717) is 11.1 Å². The van der Waals surface area contributed by atoms with Gasteiger partial charge in [0.05, 0.1) is 22.6 Å². The zero-order chi connectivity index (χ0) is 17.5.